The Balaban J connectivity index is 1.68. The minimum absolute atomic E-state index is 0.280. The topological polar surface area (TPSA) is 60.2 Å². The fourth-order valence-corrected chi connectivity index (χ4v) is 1.87. The molecule has 0 saturated carbocycles. The van der Waals surface area contributed by atoms with Crippen LogP contribution in [0.4, 0.5) is 5.69 Å². The van der Waals surface area contributed by atoms with Crippen molar-refractivity contribution < 1.29 is 9.26 Å². The Morgan fingerprint density at radius 2 is 1.81 bits per heavy atom. The van der Waals surface area contributed by atoms with Gasteiger partial charge in [0.15, 0.2) is 6.61 Å². The third kappa shape index (κ3) is 3.20. The van der Waals surface area contributed by atoms with Gasteiger partial charge in [-0.2, -0.15) is 4.98 Å². The van der Waals surface area contributed by atoms with Crippen LogP contribution in [-0.4, -0.2) is 17.2 Å². The molecule has 3 aromatic rings. The number of hydrogen-bond acceptors (Lipinski definition) is 5. The van der Waals surface area contributed by atoms with Gasteiger partial charge in [0.1, 0.15) is 5.75 Å². The summed E-state index contributed by atoms with van der Waals surface area (Å²) in [5.74, 6) is 1.79. The molecule has 21 heavy (non-hydrogen) atoms. The molecule has 0 bridgehead atoms. The molecule has 1 N–H and O–H groups in total. The fraction of sp³-hybridized carbons (Fsp3) is 0.125. The van der Waals surface area contributed by atoms with E-state index in [4.69, 9.17) is 9.26 Å². The SMILES string of the molecule is CNc1ccc(-c2nc(COc3ccccc3)no2)cc1. The van der Waals surface area contributed by atoms with Gasteiger partial charge in [0.05, 0.1) is 0 Å². The van der Waals surface area contributed by atoms with Gasteiger partial charge < -0.3 is 14.6 Å². The summed E-state index contributed by atoms with van der Waals surface area (Å²) in [6, 6.07) is 17.3. The van der Waals surface area contributed by atoms with Crippen LogP contribution in [0, 0.1) is 0 Å². The van der Waals surface area contributed by atoms with Crippen LogP contribution in [0.2, 0.25) is 0 Å². The minimum atomic E-state index is 0.280. The smallest absolute Gasteiger partial charge is 0.258 e. The molecule has 2 aromatic carbocycles. The van der Waals surface area contributed by atoms with Crippen molar-refractivity contribution in [2.24, 2.45) is 0 Å². The van der Waals surface area contributed by atoms with E-state index in [0.29, 0.717) is 11.7 Å². The van der Waals surface area contributed by atoms with E-state index in [1.807, 2.05) is 61.6 Å². The van der Waals surface area contributed by atoms with Crippen LogP contribution in [0.5, 0.6) is 5.75 Å². The molecule has 0 aliphatic carbocycles. The van der Waals surface area contributed by atoms with Gasteiger partial charge in [-0.25, -0.2) is 0 Å². The maximum Gasteiger partial charge on any atom is 0.258 e. The van der Waals surface area contributed by atoms with E-state index in [1.54, 1.807) is 0 Å². The van der Waals surface area contributed by atoms with Crippen molar-refractivity contribution in [2.75, 3.05) is 12.4 Å². The van der Waals surface area contributed by atoms with Crippen LogP contribution in [0.1, 0.15) is 5.82 Å². The molecule has 0 atom stereocenters. The number of para-hydroxylation sites is 1. The lowest BCUT2D eigenvalue weighted by Gasteiger charge is -2.01. The van der Waals surface area contributed by atoms with E-state index in [-0.39, 0.29) is 6.61 Å². The van der Waals surface area contributed by atoms with Crippen molar-refractivity contribution in [3.8, 4) is 17.2 Å². The van der Waals surface area contributed by atoms with Gasteiger partial charge in [0.2, 0.25) is 5.82 Å². The molecule has 1 aromatic heterocycles. The van der Waals surface area contributed by atoms with E-state index >= 15 is 0 Å². The summed E-state index contributed by atoms with van der Waals surface area (Å²) in [7, 11) is 1.88. The maximum absolute atomic E-state index is 5.58. The first-order chi connectivity index (χ1) is 10.3. The Morgan fingerprint density at radius 1 is 1.05 bits per heavy atom. The molecule has 3 rings (SSSR count). The Labute approximate surface area is 122 Å². The second-order valence-corrected chi connectivity index (χ2v) is 4.44. The molecule has 0 unspecified atom stereocenters. The monoisotopic (exact) mass is 281 g/mol. The molecule has 0 radical (unpaired) electrons. The summed E-state index contributed by atoms with van der Waals surface area (Å²) >= 11 is 0. The first-order valence-electron chi connectivity index (χ1n) is 6.64. The van der Waals surface area contributed by atoms with Gasteiger partial charge in [0.25, 0.3) is 5.89 Å². The lowest BCUT2D eigenvalue weighted by Crippen LogP contribution is -1.97. The predicted octanol–water partition coefficient (Wildman–Crippen LogP) is 3.36. The average Bonchev–Trinajstić information content (AvgIpc) is 3.03. The Hall–Kier alpha value is -2.82. The number of nitrogens with zero attached hydrogens (tertiary/aromatic N) is 2. The van der Waals surface area contributed by atoms with E-state index < -0.39 is 0 Å². The van der Waals surface area contributed by atoms with Crippen LogP contribution in [0.15, 0.2) is 59.1 Å². The summed E-state index contributed by atoms with van der Waals surface area (Å²) < 4.78 is 10.8. The van der Waals surface area contributed by atoms with Crippen LogP contribution >= 0.6 is 0 Å². The molecule has 1 heterocycles. The first-order valence-corrected chi connectivity index (χ1v) is 6.64. The van der Waals surface area contributed by atoms with Crippen LogP contribution in [-0.2, 0) is 6.61 Å². The summed E-state index contributed by atoms with van der Waals surface area (Å²) in [5.41, 5.74) is 1.92. The van der Waals surface area contributed by atoms with Crippen molar-refractivity contribution >= 4 is 5.69 Å². The fourth-order valence-electron chi connectivity index (χ4n) is 1.87. The second kappa shape index (κ2) is 6.09. The largest absolute Gasteiger partial charge is 0.485 e. The number of hydrogen-bond donors (Lipinski definition) is 1. The molecular weight excluding hydrogens is 266 g/mol. The molecule has 0 fully saturated rings. The standard InChI is InChI=1S/C16H15N3O2/c1-17-13-9-7-12(8-10-13)16-18-15(19-21-16)11-20-14-5-3-2-4-6-14/h2-10,17H,11H2,1H3. The first kappa shape index (κ1) is 13.2. The number of aromatic nitrogens is 2. The maximum atomic E-state index is 5.58. The van der Waals surface area contributed by atoms with Crippen molar-refractivity contribution in [3.63, 3.8) is 0 Å². The Kier molecular flexibility index (Phi) is 3.82. The zero-order valence-electron chi connectivity index (χ0n) is 11.6. The van der Waals surface area contributed by atoms with Gasteiger partial charge in [-0.1, -0.05) is 23.4 Å². The number of ether oxygens (including phenoxy) is 1. The summed E-state index contributed by atoms with van der Waals surface area (Å²) in [6.07, 6.45) is 0. The molecular formula is C16H15N3O2. The van der Waals surface area contributed by atoms with Crippen molar-refractivity contribution in [2.45, 2.75) is 6.61 Å². The number of rotatable bonds is 5. The third-order valence-corrected chi connectivity index (χ3v) is 3.00. The summed E-state index contributed by atoms with van der Waals surface area (Å²) in [6.45, 7) is 0.280. The van der Waals surface area contributed by atoms with Crippen LogP contribution in [0.25, 0.3) is 11.5 Å². The molecule has 0 amide bonds. The highest BCUT2D eigenvalue weighted by atomic mass is 16.5. The average molecular weight is 281 g/mol. The van der Waals surface area contributed by atoms with E-state index in [1.165, 1.54) is 0 Å². The normalized spacial score (nSPS) is 10.3. The van der Waals surface area contributed by atoms with Gasteiger partial charge in [-0.3, -0.25) is 0 Å². The minimum Gasteiger partial charge on any atom is -0.485 e. The summed E-state index contributed by atoms with van der Waals surface area (Å²) in [5, 5.41) is 6.99. The molecule has 0 aliphatic heterocycles. The molecule has 0 saturated heterocycles. The number of anilines is 1. The highest BCUT2D eigenvalue weighted by Gasteiger charge is 2.09. The molecule has 5 nitrogen and oxygen atoms in total. The Morgan fingerprint density at radius 3 is 2.52 bits per heavy atom. The van der Waals surface area contributed by atoms with Crippen molar-refractivity contribution in [3.05, 3.63) is 60.4 Å². The van der Waals surface area contributed by atoms with Crippen LogP contribution < -0.4 is 10.1 Å². The van der Waals surface area contributed by atoms with Gasteiger partial charge in [-0.15, -0.1) is 0 Å². The number of benzene rings is 2. The second-order valence-electron chi connectivity index (χ2n) is 4.44. The highest BCUT2D eigenvalue weighted by molar-refractivity contribution is 5.58. The highest BCUT2D eigenvalue weighted by Crippen LogP contribution is 2.20. The molecule has 0 spiro atoms. The zero-order valence-corrected chi connectivity index (χ0v) is 11.6. The van der Waals surface area contributed by atoms with Crippen molar-refractivity contribution in [1.29, 1.82) is 0 Å². The van der Waals surface area contributed by atoms with E-state index in [0.717, 1.165) is 17.0 Å². The van der Waals surface area contributed by atoms with E-state index in [9.17, 15) is 0 Å². The number of nitrogens with one attached hydrogen (secondary N) is 1. The third-order valence-electron chi connectivity index (χ3n) is 3.00. The quantitative estimate of drug-likeness (QED) is 0.777. The molecule has 106 valence electrons. The molecule has 5 heteroatoms. The van der Waals surface area contributed by atoms with E-state index in [2.05, 4.69) is 15.5 Å². The van der Waals surface area contributed by atoms with Gasteiger partial charge in [-0.05, 0) is 36.4 Å². The lowest BCUT2D eigenvalue weighted by atomic mass is 10.2. The van der Waals surface area contributed by atoms with Gasteiger partial charge in [0, 0.05) is 18.3 Å². The Bertz CT molecular complexity index is 693. The lowest BCUT2D eigenvalue weighted by molar-refractivity contribution is 0.287. The summed E-state index contributed by atoms with van der Waals surface area (Å²) in [4.78, 5) is 4.33. The van der Waals surface area contributed by atoms with Crippen molar-refractivity contribution in [1.82, 2.24) is 10.1 Å². The molecule has 0 aliphatic rings. The van der Waals surface area contributed by atoms with Crippen LogP contribution in [0.3, 0.4) is 0 Å². The van der Waals surface area contributed by atoms with Gasteiger partial charge >= 0.3 is 0 Å². The zero-order chi connectivity index (χ0) is 14.5. The predicted molar refractivity (Wildman–Crippen MR) is 80.1 cm³/mol.